The molecule has 1 saturated heterocycles. The highest BCUT2D eigenvalue weighted by Gasteiger charge is 2.41. The number of halogens is 3. The van der Waals surface area contributed by atoms with Gasteiger partial charge in [0.2, 0.25) is 5.84 Å². The predicted molar refractivity (Wildman–Crippen MR) is 85.0 cm³/mol. The maximum atomic E-state index is 12.4. The zero-order valence-corrected chi connectivity index (χ0v) is 12.9. The summed E-state index contributed by atoms with van der Waals surface area (Å²) in [5, 5.41) is 0. The fraction of sp³-hybridized carbons (Fsp3) is 0.400. The maximum absolute atomic E-state index is 12.4. The van der Waals surface area contributed by atoms with Crippen LogP contribution in [0.15, 0.2) is 23.2 Å². The van der Waals surface area contributed by atoms with E-state index in [0.29, 0.717) is 17.2 Å². The van der Waals surface area contributed by atoms with Crippen molar-refractivity contribution in [2.75, 3.05) is 38.1 Å². The summed E-state index contributed by atoms with van der Waals surface area (Å²) in [6.07, 6.45) is -3.14. The zero-order chi connectivity index (χ0) is 16.9. The van der Waals surface area contributed by atoms with Gasteiger partial charge >= 0.3 is 12.2 Å². The largest absolute Gasteiger partial charge is 0.573 e. The minimum atomic E-state index is -4.72. The third-order valence-corrected chi connectivity index (χ3v) is 4.19. The average molecular weight is 338 g/mol. The number of hydrogen-bond donors (Lipinski definition) is 0. The first-order chi connectivity index (χ1) is 11.4. The van der Waals surface area contributed by atoms with Gasteiger partial charge < -0.3 is 14.5 Å². The van der Waals surface area contributed by atoms with Gasteiger partial charge in [-0.25, -0.2) is 9.66 Å². The number of benzene rings is 1. The molecule has 3 aliphatic rings. The number of alkyl halides is 3. The third kappa shape index (κ3) is 2.61. The SMILES string of the molecule is CN1CCN(C2=Nc3ccc(OC(F)(F)F)cc3N3C=[N+]=C23)CC1. The first-order valence-corrected chi connectivity index (χ1v) is 7.53. The van der Waals surface area contributed by atoms with E-state index in [2.05, 4.69) is 31.2 Å². The van der Waals surface area contributed by atoms with E-state index in [1.54, 1.807) is 11.2 Å². The van der Waals surface area contributed by atoms with Crippen molar-refractivity contribution in [3.63, 3.8) is 0 Å². The van der Waals surface area contributed by atoms with Gasteiger partial charge in [0.05, 0.1) is 0 Å². The lowest BCUT2D eigenvalue weighted by Crippen LogP contribution is -2.57. The van der Waals surface area contributed by atoms with Gasteiger partial charge in [0, 0.05) is 32.2 Å². The van der Waals surface area contributed by atoms with Crippen molar-refractivity contribution in [2.24, 2.45) is 4.99 Å². The van der Waals surface area contributed by atoms with Crippen LogP contribution in [-0.2, 0) is 0 Å². The Kier molecular flexibility index (Phi) is 3.29. The summed E-state index contributed by atoms with van der Waals surface area (Å²) in [7, 11) is 2.07. The molecule has 4 rings (SSSR count). The molecule has 126 valence electrons. The van der Waals surface area contributed by atoms with E-state index in [0.717, 1.165) is 32.0 Å². The molecular formula is C15H15F3N5O+. The molecule has 0 saturated carbocycles. The first-order valence-electron chi connectivity index (χ1n) is 7.53. The molecule has 0 N–H and O–H groups in total. The Morgan fingerprint density at radius 3 is 2.54 bits per heavy atom. The van der Waals surface area contributed by atoms with Crippen LogP contribution in [-0.4, -0.2) is 67.4 Å². The van der Waals surface area contributed by atoms with Crippen molar-refractivity contribution in [2.45, 2.75) is 6.36 Å². The van der Waals surface area contributed by atoms with E-state index in [1.807, 2.05) is 0 Å². The van der Waals surface area contributed by atoms with Crippen LogP contribution in [0.2, 0.25) is 0 Å². The zero-order valence-electron chi connectivity index (χ0n) is 12.9. The van der Waals surface area contributed by atoms with Gasteiger partial charge in [-0.3, -0.25) is 0 Å². The number of ether oxygens (including phenoxy) is 1. The second kappa shape index (κ2) is 5.25. The van der Waals surface area contributed by atoms with Gasteiger partial charge in [-0.05, 0) is 19.2 Å². The van der Waals surface area contributed by atoms with Gasteiger partial charge in [0.1, 0.15) is 17.1 Å². The Balaban J connectivity index is 1.65. The number of aliphatic imine (C=N–C) groups is 1. The molecule has 0 atom stereocenters. The van der Waals surface area contributed by atoms with E-state index in [1.165, 1.54) is 18.2 Å². The van der Waals surface area contributed by atoms with E-state index in [4.69, 9.17) is 0 Å². The summed E-state index contributed by atoms with van der Waals surface area (Å²) in [5.74, 6) is 1.16. The average Bonchev–Trinajstić information content (AvgIpc) is 2.46. The molecule has 0 aliphatic carbocycles. The van der Waals surface area contributed by atoms with Crippen molar-refractivity contribution in [1.29, 1.82) is 0 Å². The van der Waals surface area contributed by atoms with E-state index in [9.17, 15) is 13.2 Å². The third-order valence-electron chi connectivity index (χ3n) is 4.19. The summed E-state index contributed by atoms with van der Waals surface area (Å²) in [5.41, 5.74) is 1.15. The highest BCUT2D eigenvalue weighted by Crippen LogP contribution is 2.38. The summed E-state index contributed by atoms with van der Waals surface area (Å²) < 4.78 is 45.4. The summed E-state index contributed by atoms with van der Waals surface area (Å²) in [4.78, 5) is 10.8. The lowest BCUT2D eigenvalue weighted by molar-refractivity contribution is -0.274. The second-order valence-electron chi connectivity index (χ2n) is 5.86. The van der Waals surface area contributed by atoms with Gasteiger partial charge in [-0.2, -0.15) is 4.90 Å². The molecule has 0 radical (unpaired) electrons. The van der Waals surface area contributed by atoms with Crippen LogP contribution in [0.3, 0.4) is 0 Å². The molecule has 9 heteroatoms. The number of rotatable bonds is 1. The predicted octanol–water partition coefficient (Wildman–Crippen LogP) is 1.19. The van der Waals surface area contributed by atoms with Crippen LogP contribution in [0.25, 0.3) is 0 Å². The molecule has 1 aromatic carbocycles. The molecule has 0 unspecified atom stereocenters. The van der Waals surface area contributed by atoms with Crippen LogP contribution in [0, 0.1) is 0 Å². The molecule has 1 aromatic rings. The molecule has 1 fully saturated rings. The highest BCUT2D eigenvalue weighted by molar-refractivity contribution is 6.53. The molecule has 0 aromatic heterocycles. The van der Waals surface area contributed by atoms with Crippen molar-refractivity contribution in [3.8, 4) is 5.75 Å². The fourth-order valence-electron chi connectivity index (χ4n) is 2.90. The first kappa shape index (κ1) is 15.0. The van der Waals surface area contributed by atoms with Gasteiger partial charge in [-0.1, -0.05) is 0 Å². The number of fused-ring (bicyclic) bond motifs is 3. The van der Waals surface area contributed by atoms with E-state index in [-0.39, 0.29) is 5.75 Å². The smallest absolute Gasteiger partial charge is 0.406 e. The minimum absolute atomic E-state index is 0.265. The lowest BCUT2D eigenvalue weighted by Gasteiger charge is -2.36. The van der Waals surface area contributed by atoms with Crippen molar-refractivity contribution < 1.29 is 17.9 Å². The normalized spacial score (nSPS) is 20.0. The molecule has 3 heterocycles. The molecular weight excluding hydrogens is 323 g/mol. The van der Waals surface area contributed by atoms with Crippen molar-refractivity contribution in [3.05, 3.63) is 18.2 Å². The number of piperazine rings is 1. The van der Waals surface area contributed by atoms with Gasteiger partial charge in [0.25, 0.3) is 6.34 Å². The second-order valence-corrected chi connectivity index (χ2v) is 5.86. The summed E-state index contributed by atoms with van der Waals surface area (Å²) in [6.45, 7) is 3.54. The Labute approximate surface area is 136 Å². The van der Waals surface area contributed by atoms with Crippen LogP contribution in [0.1, 0.15) is 0 Å². The Hall–Kier alpha value is -2.51. The number of hydrogen-bond acceptors (Lipinski definition) is 5. The topological polar surface area (TPSA) is 45.4 Å². The molecule has 24 heavy (non-hydrogen) atoms. The Bertz CT molecular complexity index is 774. The van der Waals surface area contributed by atoms with Crippen LogP contribution >= 0.6 is 0 Å². The van der Waals surface area contributed by atoms with Crippen LogP contribution < -0.4 is 14.3 Å². The van der Waals surface area contributed by atoms with Gasteiger partial charge in [-0.15, -0.1) is 13.2 Å². The highest BCUT2D eigenvalue weighted by atomic mass is 19.4. The maximum Gasteiger partial charge on any atom is 0.573 e. The summed E-state index contributed by atoms with van der Waals surface area (Å²) in [6, 6.07) is 4.15. The van der Waals surface area contributed by atoms with Crippen LogP contribution in [0.4, 0.5) is 24.5 Å². The standard InChI is InChI=1S/C15H15F3N5O/c1-21-4-6-22(7-5-21)14-13-19-9-23(13)12-8-10(24-15(16,17)18)2-3-11(12)20-14/h2-3,8-9H,4-7H2,1H3/q+1. The van der Waals surface area contributed by atoms with Crippen molar-refractivity contribution in [1.82, 2.24) is 14.5 Å². The number of nitrogens with zero attached hydrogens (tertiary/aromatic N) is 5. The van der Waals surface area contributed by atoms with E-state index < -0.39 is 6.36 Å². The van der Waals surface area contributed by atoms with Crippen molar-refractivity contribution >= 4 is 29.4 Å². The Morgan fingerprint density at radius 2 is 1.92 bits per heavy atom. The molecule has 0 amide bonds. The quantitative estimate of drug-likeness (QED) is 0.722. The Morgan fingerprint density at radius 1 is 1.17 bits per heavy atom. The molecule has 3 aliphatic heterocycles. The van der Waals surface area contributed by atoms with Gasteiger partial charge in [0.15, 0.2) is 0 Å². The fourth-order valence-corrected chi connectivity index (χ4v) is 2.90. The molecule has 0 spiro atoms. The van der Waals surface area contributed by atoms with E-state index >= 15 is 0 Å². The number of anilines is 1. The molecule has 6 nitrogen and oxygen atoms in total. The number of likely N-dealkylation sites (N-methyl/N-ethyl adjacent to an activating group) is 1. The number of amidine groups is 2. The lowest BCUT2D eigenvalue weighted by atomic mass is 10.1. The molecule has 0 bridgehead atoms. The van der Waals surface area contributed by atoms with Crippen LogP contribution in [0.5, 0.6) is 5.75 Å². The monoisotopic (exact) mass is 338 g/mol. The minimum Gasteiger partial charge on any atom is -0.406 e. The summed E-state index contributed by atoms with van der Waals surface area (Å²) >= 11 is 0.